The smallest absolute Gasteiger partial charge is 0.224 e. The van der Waals surface area contributed by atoms with E-state index in [-0.39, 0.29) is 11.9 Å². The van der Waals surface area contributed by atoms with Crippen molar-refractivity contribution >= 4 is 22.5 Å². The van der Waals surface area contributed by atoms with Crippen molar-refractivity contribution in [3.8, 4) is 6.07 Å². The maximum absolute atomic E-state index is 12.1. The summed E-state index contributed by atoms with van der Waals surface area (Å²) in [6.07, 6.45) is 2.21. The van der Waals surface area contributed by atoms with Crippen molar-refractivity contribution in [1.29, 1.82) is 5.26 Å². The van der Waals surface area contributed by atoms with E-state index in [2.05, 4.69) is 16.4 Å². The molecule has 0 spiro atoms. The van der Waals surface area contributed by atoms with Crippen LogP contribution in [-0.2, 0) is 9.53 Å². The highest BCUT2D eigenvalue weighted by Gasteiger charge is 2.23. The molecule has 1 aliphatic heterocycles. The normalized spacial score (nSPS) is 15.1. The van der Waals surface area contributed by atoms with Crippen LogP contribution in [0.5, 0.6) is 0 Å². The molecule has 3 rings (SSSR count). The molecule has 6 nitrogen and oxygen atoms in total. The number of ether oxygens (including phenoxy) is 1. The summed E-state index contributed by atoms with van der Waals surface area (Å²) < 4.78 is 4.97. The molecule has 130 valence electrons. The SMILES string of the molecule is COCCC(=O)N1CCC(Nc2cc(C#N)nc3ccccc23)CC1. The first-order valence-corrected chi connectivity index (χ1v) is 8.54. The minimum atomic E-state index is 0.154. The molecule has 0 atom stereocenters. The van der Waals surface area contributed by atoms with Gasteiger partial charge in [-0.05, 0) is 25.0 Å². The number of carbonyl (C=O) groups is 1. The van der Waals surface area contributed by atoms with Gasteiger partial charge in [0.2, 0.25) is 5.91 Å². The molecule has 2 aromatic rings. The summed E-state index contributed by atoms with van der Waals surface area (Å²) in [4.78, 5) is 18.3. The molecule has 1 fully saturated rings. The zero-order valence-corrected chi connectivity index (χ0v) is 14.4. The molecule has 1 aromatic heterocycles. The molecular formula is C19H22N4O2. The molecule has 6 heteroatoms. The van der Waals surface area contributed by atoms with Crippen molar-refractivity contribution < 1.29 is 9.53 Å². The maximum atomic E-state index is 12.1. The Morgan fingerprint density at radius 3 is 2.88 bits per heavy atom. The summed E-state index contributed by atoms with van der Waals surface area (Å²) in [5, 5.41) is 13.8. The lowest BCUT2D eigenvalue weighted by Gasteiger charge is -2.33. The van der Waals surface area contributed by atoms with Crippen molar-refractivity contribution in [1.82, 2.24) is 9.88 Å². The van der Waals surface area contributed by atoms with Gasteiger partial charge in [0.05, 0.1) is 18.5 Å². The molecule has 2 heterocycles. The first-order valence-electron chi connectivity index (χ1n) is 8.54. The molecule has 0 unspecified atom stereocenters. The number of amides is 1. The minimum absolute atomic E-state index is 0.154. The predicted molar refractivity (Wildman–Crippen MR) is 96.2 cm³/mol. The van der Waals surface area contributed by atoms with Crippen LogP contribution < -0.4 is 5.32 Å². The number of nitrogens with zero attached hydrogens (tertiary/aromatic N) is 3. The van der Waals surface area contributed by atoms with Gasteiger partial charge in [-0.3, -0.25) is 4.79 Å². The summed E-state index contributed by atoms with van der Waals surface area (Å²) in [7, 11) is 1.61. The van der Waals surface area contributed by atoms with Crippen LogP contribution in [0.15, 0.2) is 30.3 Å². The van der Waals surface area contributed by atoms with Gasteiger partial charge >= 0.3 is 0 Å². The summed E-state index contributed by atoms with van der Waals surface area (Å²) in [6, 6.07) is 12.0. The number of anilines is 1. The summed E-state index contributed by atoms with van der Waals surface area (Å²) >= 11 is 0. The largest absolute Gasteiger partial charge is 0.384 e. The first-order chi connectivity index (χ1) is 12.2. The molecule has 0 radical (unpaired) electrons. The number of rotatable bonds is 5. The summed E-state index contributed by atoms with van der Waals surface area (Å²) in [6.45, 7) is 1.96. The minimum Gasteiger partial charge on any atom is -0.384 e. The molecular weight excluding hydrogens is 316 g/mol. The fourth-order valence-corrected chi connectivity index (χ4v) is 3.19. The Morgan fingerprint density at radius 2 is 2.16 bits per heavy atom. The molecule has 25 heavy (non-hydrogen) atoms. The average molecular weight is 338 g/mol. The molecule has 1 saturated heterocycles. The fourth-order valence-electron chi connectivity index (χ4n) is 3.19. The Kier molecular flexibility index (Phi) is 5.46. The quantitative estimate of drug-likeness (QED) is 0.906. The zero-order valence-electron chi connectivity index (χ0n) is 14.4. The van der Waals surface area contributed by atoms with Gasteiger partial charge in [-0.1, -0.05) is 18.2 Å². The van der Waals surface area contributed by atoms with Crippen LogP contribution in [0, 0.1) is 11.3 Å². The first kappa shape index (κ1) is 17.2. The highest BCUT2D eigenvalue weighted by atomic mass is 16.5. The number of hydrogen-bond acceptors (Lipinski definition) is 5. The van der Waals surface area contributed by atoms with E-state index in [0.717, 1.165) is 42.5 Å². The zero-order chi connectivity index (χ0) is 17.6. The Bertz CT molecular complexity index is 792. The molecule has 1 aliphatic rings. The van der Waals surface area contributed by atoms with E-state index < -0.39 is 0 Å². The average Bonchev–Trinajstić information content (AvgIpc) is 2.66. The number of piperidine rings is 1. The van der Waals surface area contributed by atoms with Gasteiger partial charge in [0, 0.05) is 37.3 Å². The molecule has 1 aromatic carbocycles. The Hall–Kier alpha value is -2.65. The van der Waals surface area contributed by atoms with Gasteiger partial charge in [-0.15, -0.1) is 0 Å². The molecule has 0 bridgehead atoms. The number of nitrogens with one attached hydrogen (secondary N) is 1. The van der Waals surface area contributed by atoms with Crippen LogP contribution in [0.4, 0.5) is 5.69 Å². The number of para-hydroxylation sites is 1. The Morgan fingerprint density at radius 1 is 1.40 bits per heavy atom. The number of aromatic nitrogens is 1. The van der Waals surface area contributed by atoms with Crippen molar-refractivity contribution in [2.75, 3.05) is 32.1 Å². The van der Waals surface area contributed by atoms with E-state index in [1.54, 1.807) is 13.2 Å². The maximum Gasteiger partial charge on any atom is 0.224 e. The van der Waals surface area contributed by atoms with Gasteiger partial charge in [0.25, 0.3) is 0 Å². The second-order valence-electron chi connectivity index (χ2n) is 6.23. The van der Waals surface area contributed by atoms with Crippen LogP contribution >= 0.6 is 0 Å². The van der Waals surface area contributed by atoms with E-state index in [1.807, 2.05) is 29.2 Å². The Balaban J connectivity index is 1.67. The van der Waals surface area contributed by atoms with Crippen molar-refractivity contribution in [2.24, 2.45) is 0 Å². The van der Waals surface area contributed by atoms with Gasteiger partial charge in [0.1, 0.15) is 11.8 Å². The van der Waals surface area contributed by atoms with Gasteiger partial charge in [-0.2, -0.15) is 5.26 Å². The third-order valence-electron chi connectivity index (χ3n) is 4.56. The number of carbonyl (C=O) groups excluding carboxylic acids is 1. The highest BCUT2D eigenvalue weighted by molar-refractivity contribution is 5.91. The Labute approximate surface area is 147 Å². The lowest BCUT2D eigenvalue weighted by atomic mass is 10.0. The van der Waals surface area contributed by atoms with E-state index in [9.17, 15) is 10.1 Å². The van der Waals surface area contributed by atoms with Crippen molar-refractivity contribution in [2.45, 2.75) is 25.3 Å². The molecule has 1 amide bonds. The number of benzene rings is 1. The number of pyridine rings is 1. The number of nitriles is 1. The molecule has 0 aliphatic carbocycles. The fraction of sp³-hybridized carbons (Fsp3) is 0.421. The van der Waals surface area contributed by atoms with Gasteiger partial charge in [-0.25, -0.2) is 4.98 Å². The van der Waals surface area contributed by atoms with Gasteiger partial charge < -0.3 is 15.0 Å². The van der Waals surface area contributed by atoms with Crippen LogP contribution in [-0.4, -0.2) is 48.6 Å². The van der Waals surface area contributed by atoms with Crippen LogP contribution in [0.1, 0.15) is 25.0 Å². The topological polar surface area (TPSA) is 78.2 Å². The third kappa shape index (κ3) is 4.06. The number of methoxy groups -OCH3 is 1. The lowest BCUT2D eigenvalue weighted by Crippen LogP contribution is -2.42. The third-order valence-corrected chi connectivity index (χ3v) is 4.56. The van der Waals surface area contributed by atoms with Crippen LogP contribution in [0.2, 0.25) is 0 Å². The second kappa shape index (κ2) is 7.95. The van der Waals surface area contributed by atoms with E-state index in [1.165, 1.54) is 0 Å². The van der Waals surface area contributed by atoms with E-state index in [0.29, 0.717) is 18.7 Å². The van der Waals surface area contributed by atoms with Crippen molar-refractivity contribution in [3.05, 3.63) is 36.0 Å². The number of likely N-dealkylation sites (tertiary alicyclic amines) is 1. The predicted octanol–water partition coefficient (Wildman–Crippen LogP) is 2.55. The van der Waals surface area contributed by atoms with E-state index in [4.69, 9.17) is 4.74 Å². The standard InChI is InChI=1S/C19H22N4O2/c1-25-11-8-19(24)23-9-6-14(7-10-23)21-18-12-15(13-20)22-17-5-3-2-4-16(17)18/h2-5,12,14H,6-11H2,1H3,(H,21,22). The summed E-state index contributed by atoms with van der Waals surface area (Å²) in [5.41, 5.74) is 2.16. The van der Waals surface area contributed by atoms with Crippen LogP contribution in [0.25, 0.3) is 10.9 Å². The molecule has 0 saturated carbocycles. The van der Waals surface area contributed by atoms with Crippen LogP contribution in [0.3, 0.4) is 0 Å². The summed E-state index contributed by atoms with van der Waals surface area (Å²) in [5.74, 6) is 0.154. The lowest BCUT2D eigenvalue weighted by molar-refractivity contribution is -0.133. The monoisotopic (exact) mass is 338 g/mol. The van der Waals surface area contributed by atoms with Crippen molar-refractivity contribution in [3.63, 3.8) is 0 Å². The van der Waals surface area contributed by atoms with E-state index >= 15 is 0 Å². The number of fused-ring (bicyclic) bond motifs is 1. The van der Waals surface area contributed by atoms with Gasteiger partial charge in [0.15, 0.2) is 0 Å². The number of hydrogen-bond donors (Lipinski definition) is 1. The highest BCUT2D eigenvalue weighted by Crippen LogP contribution is 2.25. The second-order valence-corrected chi connectivity index (χ2v) is 6.23. The molecule has 1 N–H and O–H groups in total.